The van der Waals surface area contributed by atoms with E-state index in [2.05, 4.69) is 10.3 Å². The molecule has 1 aromatic carbocycles. The lowest BCUT2D eigenvalue weighted by Gasteiger charge is -2.27. The Morgan fingerprint density at radius 3 is 2.89 bits per heavy atom. The van der Waals surface area contributed by atoms with Crippen molar-refractivity contribution in [2.75, 3.05) is 11.4 Å². The molecule has 0 radical (unpaired) electrons. The molecule has 2 heterocycles. The van der Waals surface area contributed by atoms with Crippen LogP contribution < -0.4 is 10.2 Å². The average Bonchev–Trinajstić information content (AvgIpc) is 2.38. The third-order valence-corrected chi connectivity index (χ3v) is 3.24. The molecule has 0 bridgehead atoms. The summed E-state index contributed by atoms with van der Waals surface area (Å²) < 4.78 is 0. The van der Waals surface area contributed by atoms with Crippen molar-refractivity contribution < 1.29 is 9.59 Å². The Morgan fingerprint density at radius 2 is 2.11 bits per heavy atom. The van der Waals surface area contributed by atoms with E-state index >= 15 is 0 Å². The summed E-state index contributed by atoms with van der Waals surface area (Å²) in [5.74, 6) is -0.231. The molecule has 2 aromatic rings. The van der Waals surface area contributed by atoms with E-state index in [0.29, 0.717) is 13.0 Å². The topological polar surface area (TPSA) is 62.3 Å². The zero-order valence-corrected chi connectivity index (χ0v) is 10.5. The third kappa shape index (κ3) is 2.03. The molecule has 1 aliphatic heterocycles. The Labute approximate surface area is 110 Å². The predicted molar refractivity (Wildman–Crippen MR) is 72.0 cm³/mol. The Balaban J connectivity index is 2.10. The van der Waals surface area contributed by atoms with Crippen LogP contribution in [0.5, 0.6) is 0 Å². The highest BCUT2D eigenvalue weighted by molar-refractivity contribution is 6.09. The lowest BCUT2D eigenvalue weighted by atomic mass is 10.1. The molecule has 1 saturated heterocycles. The number of anilines is 1. The predicted octanol–water partition coefficient (Wildman–Crippen LogP) is 1.99. The number of nitrogens with one attached hydrogen (secondary N) is 1. The van der Waals surface area contributed by atoms with Crippen LogP contribution in [0.4, 0.5) is 10.5 Å². The van der Waals surface area contributed by atoms with Gasteiger partial charge in [-0.3, -0.25) is 20.0 Å². The molecule has 0 aliphatic carbocycles. The van der Waals surface area contributed by atoms with Gasteiger partial charge in [-0.15, -0.1) is 0 Å². The summed E-state index contributed by atoms with van der Waals surface area (Å²) in [5.41, 5.74) is 1.88. The highest BCUT2D eigenvalue weighted by atomic mass is 16.2. The summed E-state index contributed by atoms with van der Waals surface area (Å²) in [6.07, 6.45) is 3.75. The van der Waals surface area contributed by atoms with E-state index in [9.17, 15) is 9.59 Å². The molecule has 5 nitrogen and oxygen atoms in total. The highest BCUT2D eigenvalue weighted by Crippen LogP contribution is 2.27. The Bertz CT molecular complexity index is 681. The summed E-state index contributed by atoms with van der Waals surface area (Å²) in [6, 6.07) is 5.62. The Kier molecular flexibility index (Phi) is 2.67. The molecule has 19 heavy (non-hydrogen) atoms. The molecule has 3 rings (SSSR count). The summed E-state index contributed by atoms with van der Waals surface area (Å²) >= 11 is 0. The number of aryl methyl sites for hydroxylation is 1. The van der Waals surface area contributed by atoms with Crippen LogP contribution in [-0.2, 0) is 4.79 Å². The Morgan fingerprint density at radius 1 is 1.26 bits per heavy atom. The van der Waals surface area contributed by atoms with Gasteiger partial charge in [-0.05, 0) is 13.0 Å². The first-order valence-corrected chi connectivity index (χ1v) is 6.11. The smallest absolute Gasteiger partial charge is 0.291 e. The lowest BCUT2D eigenvalue weighted by Crippen LogP contribution is -2.49. The first-order chi connectivity index (χ1) is 9.15. The van der Waals surface area contributed by atoms with Gasteiger partial charge in [-0.2, -0.15) is 0 Å². The number of carbonyl (C=O) groups excluding carboxylic acids is 2. The zero-order valence-electron chi connectivity index (χ0n) is 10.5. The number of nitrogens with zero attached hydrogens (tertiary/aromatic N) is 2. The van der Waals surface area contributed by atoms with Gasteiger partial charge < -0.3 is 0 Å². The second-order valence-electron chi connectivity index (χ2n) is 4.64. The van der Waals surface area contributed by atoms with Crippen LogP contribution in [0.1, 0.15) is 12.0 Å². The van der Waals surface area contributed by atoms with Crippen LogP contribution in [0.25, 0.3) is 10.8 Å². The summed E-state index contributed by atoms with van der Waals surface area (Å²) in [7, 11) is 0. The van der Waals surface area contributed by atoms with Crippen LogP contribution >= 0.6 is 0 Å². The third-order valence-electron chi connectivity index (χ3n) is 3.24. The standard InChI is InChI=1S/C14H13N3O2/c1-9-2-3-11-10(6-9)7-15-8-12(11)17-5-4-13(18)16-14(17)19/h2-3,6-8H,4-5H2,1H3,(H,16,18,19). The maximum absolute atomic E-state index is 11.9. The van der Waals surface area contributed by atoms with E-state index < -0.39 is 0 Å². The molecule has 3 amide bonds. The summed E-state index contributed by atoms with van der Waals surface area (Å²) in [4.78, 5) is 28.8. The number of pyridine rings is 1. The van der Waals surface area contributed by atoms with Gasteiger partial charge in [0.2, 0.25) is 5.91 Å². The molecule has 0 atom stereocenters. The maximum Gasteiger partial charge on any atom is 0.328 e. The van der Waals surface area contributed by atoms with E-state index in [1.807, 2.05) is 25.1 Å². The van der Waals surface area contributed by atoms with Crippen LogP contribution in [-0.4, -0.2) is 23.5 Å². The van der Waals surface area contributed by atoms with Crippen LogP contribution in [0, 0.1) is 6.92 Å². The SMILES string of the molecule is Cc1ccc2c(N3CCC(=O)NC3=O)cncc2c1. The number of hydrogen-bond donors (Lipinski definition) is 1. The van der Waals surface area contributed by atoms with Crippen LogP contribution in [0.3, 0.4) is 0 Å². The number of amides is 3. The molecular formula is C14H13N3O2. The largest absolute Gasteiger partial charge is 0.328 e. The van der Waals surface area contributed by atoms with Gasteiger partial charge in [0.05, 0.1) is 11.9 Å². The molecular weight excluding hydrogens is 242 g/mol. The van der Waals surface area contributed by atoms with E-state index in [1.54, 1.807) is 17.3 Å². The van der Waals surface area contributed by atoms with Crippen molar-refractivity contribution in [3.05, 3.63) is 36.2 Å². The molecule has 1 fully saturated rings. The minimum Gasteiger partial charge on any atom is -0.291 e. The number of fused-ring (bicyclic) bond motifs is 1. The molecule has 0 spiro atoms. The monoisotopic (exact) mass is 255 g/mol. The molecule has 1 aliphatic rings. The summed E-state index contributed by atoms with van der Waals surface area (Å²) in [6.45, 7) is 2.40. The molecule has 1 aromatic heterocycles. The quantitative estimate of drug-likeness (QED) is 0.847. The van der Waals surface area contributed by atoms with Crippen molar-refractivity contribution in [1.29, 1.82) is 0 Å². The number of rotatable bonds is 1. The minimum atomic E-state index is -0.383. The normalized spacial score (nSPS) is 15.7. The molecule has 0 unspecified atom stereocenters. The molecule has 5 heteroatoms. The number of aromatic nitrogens is 1. The second-order valence-corrected chi connectivity index (χ2v) is 4.64. The van der Waals surface area contributed by atoms with Crippen molar-refractivity contribution in [3.63, 3.8) is 0 Å². The fourth-order valence-electron chi connectivity index (χ4n) is 2.29. The van der Waals surface area contributed by atoms with Crippen molar-refractivity contribution >= 4 is 28.4 Å². The molecule has 1 N–H and O–H groups in total. The van der Waals surface area contributed by atoms with Gasteiger partial charge in [0.1, 0.15) is 0 Å². The number of urea groups is 1. The number of imide groups is 1. The maximum atomic E-state index is 11.9. The number of hydrogen-bond acceptors (Lipinski definition) is 3. The van der Waals surface area contributed by atoms with Crippen molar-refractivity contribution in [1.82, 2.24) is 10.3 Å². The van der Waals surface area contributed by atoms with Crippen LogP contribution in [0.15, 0.2) is 30.6 Å². The van der Waals surface area contributed by atoms with E-state index in [4.69, 9.17) is 0 Å². The average molecular weight is 255 g/mol. The van der Waals surface area contributed by atoms with Crippen LogP contribution in [0.2, 0.25) is 0 Å². The van der Waals surface area contributed by atoms with Crippen molar-refractivity contribution in [3.8, 4) is 0 Å². The first-order valence-electron chi connectivity index (χ1n) is 6.11. The second kappa shape index (κ2) is 4.35. The van der Waals surface area contributed by atoms with Crippen molar-refractivity contribution in [2.45, 2.75) is 13.3 Å². The van der Waals surface area contributed by atoms with E-state index in [1.165, 1.54) is 0 Å². The van der Waals surface area contributed by atoms with Crippen molar-refractivity contribution in [2.24, 2.45) is 0 Å². The highest BCUT2D eigenvalue weighted by Gasteiger charge is 2.25. The van der Waals surface area contributed by atoms with Gasteiger partial charge in [0, 0.05) is 29.9 Å². The summed E-state index contributed by atoms with van der Waals surface area (Å²) in [5, 5.41) is 4.28. The Hall–Kier alpha value is -2.43. The van der Waals surface area contributed by atoms with Gasteiger partial charge in [0.25, 0.3) is 0 Å². The molecule has 96 valence electrons. The van der Waals surface area contributed by atoms with Gasteiger partial charge in [0.15, 0.2) is 0 Å². The van der Waals surface area contributed by atoms with Gasteiger partial charge in [-0.1, -0.05) is 17.7 Å². The molecule has 0 saturated carbocycles. The minimum absolute atomic E-state index is 0.231. The first kappa shape index (κ1) is 11.6. The fourth-order valence-corrected chi connectivity index (χ4v) is 2.29. The number of benzene rings is 1. The fraction of sp³-hybridized carbons (Fsp3) is 0.214. The van der Waals surface area contributed by atoms with E-state index in [0.717, 1.165) is 22.0 Å². The number of carbonyl (C=O) groups is 2. The van der Waals surface area contributed by atoms with Gasteiger partial charge >= 0.3 is 6.03 Å². The lowest BCUT2D eigenvalue weighted by molar-refractivity contribution is -0.120. The van der Waals surface area contributed by atoms with Gasteiger partial charge in [-0.25, -0.2) is 4.79 Å². The zero-order chi connectivity index (χ0) is 13.4. The van der Waals surface area contributed by atoms with E-state index in [-0.39, 0.29) is 11.9 Å².